The zero-order valence-corrected chi connectivity index (χ0v) is 36.5. The maximum Gasteiger partial charge on any atom is 0.315 e. The van der Waals surface area contributed by atoms with Crippen molar-refractivity contribution in [2.75, 3.05) is 70.3 Å². The lowest BCUT2D eigenvalue weighted by molar-refractivity contribution is -0.138. The van der Waals surface area contributed by atoms with Crippen LogP contribution in [0, 0.1) is 0 Å². The van der Waals surface area contributed by atoms with E-state index in [4.69, 9.17) is 26.4 Å². The van der Waals surface area contributed by atoms with E-state index in [9.17, 15) is 38.7 Å². The fourth-order valence-corrected chi connectivity index (χ4v) is 8.53. The van der Waals surface area contributed by atoms with Crippen molar-refractivity contribution in [1.29, 1.82) is 0 Å². The second-order valence-electron chi connectivity index (χ2n) is 14.9. The average Bonchev–Trinajstić information content (AvgIpc) is 3.91. The minimum absolute atomic E-state index is 0.0232. The molecule has 0 aromatic heterocycles. The normalized spacial score (nSPS) is 18.2. The van der Waals surface area contributed by atoms with Crippen LogP contribution in [0.4, 0.5) is 10.5 Å². The molecule has 7 amide bonds. The molecule has 1 aromatic carbocycles. The predicted molar refractivity (Wildman–Crippen MR) is 235 cm³/mol. The smallest absolute Gasteiger partial charge is 0.315 e. The van der Waals surface area contributed by atoms with Gasteiger partial charge in [0.1, 0.15) is 6.04 Å². The van der Waals surface area contributed by atoms with Gasteiger partial charge in [-0.05, 0) is 68.4 Å². The Balaban J connectivity index is 0.966. The Morgan fingerprint density at radius 2 is 1.42 bits per heavy atom. The second-order valence-corrected chi connectivity index (χ2v) is 16.6. The van der Waals surface area contributed by atoms with Crippen molar-refractivity contribution in [2.24, 2.45) is 0 Å². The van der Waals surface area contributed by atoms with Crippen molar-refractivity contribution in [3.63, 3.8) is 0 Å². The number of thioether (sulfide) groups is 1. The number of urea groups is 1. The summed E-state index contributed by atoms with van der Waals surface area (Å²) in [6, 6.07) is 6.71. The van der Waals surface area contributed by atoms with E-state index in [-0.39, 0.29) is 78.6 Å². The number of carbonyl (C=O) groups is 7. The van der Waals surface area contributed by atoms with Crippen LogP contribution in [-0.4, -0.2) is 145 Å². The first-order valence-electron chi connectivity index (χ1n) is 21.1. The number of fused-ring (bicyclic) bond motifs is 1. The summed E-state index contributed by atoms with van der Waals surface area (Å²) in [7, 11) is 0. The third-order valence-corrected chi connectivity index (χ3v) is 11.8. The van der Waals surface area contributed by atoms with E-state index in [0.717, 1.165) is 35.5 Å². The lowest BCUT2D eigenvalue weighted by atomic mass is 10.0. The predicted octanol–water partition coefficient (Wildman–Crippen LogP) is 1.32. The van der Waals surface area contributed by atoms with Crippen molar-refractivity contribution in [2.45, 2.75) is 94.1 Å². The van der Waals surface area contributed by atoms with Crippen LogP contribution in [-0.2, 0) is 49.5 Å². The highest BCUT2D eigenvalue weighted by Gasteiger charge is 2.42. The SMILES string of the molecule is O=C(O)CC[C@H](NC(=S)Nc1ccc(CNC(=O)CCCC[C@@H]2SC[C@@H]3NC(=O)N[C@@H]32)cc1)C(=O)NCCCOCCOCCOCCCNC(=O)CCCN1C(=O)C=CC1=O. The summed E-state index contributed by atoms with van der Waals surface area (Å²) in [4.78, 5) is 84.3. The molecule has 62 heavy (non-hydrogen) atoms. The number of carboxylic acid groups (broad SMARTS) is 1. The molecule has 1 aromatic rings. The summed E-state index contributed by atoms with van der Waals surface area (Å²) < 4.78 is 16.6. The molecule has 4 rings (SSSR count). The number of hydrogen-bond acceptors (Lipinski definition) is 12. The van der Waals surface area contributed by atoms with E-state index in [2.05, 4.69) is 37.2 Å². The molecule has 0 spiro atoms. The number of benzene rings is 1. The van der Waals surface area contributed by atoms with Gasteiger partial charge in [-0.1, -0.05) is 18.6 Å². The molecular weight excluding hydrogens is 845 g/mol. The number of aliphatic carboxylic acids is 1. The molecule has 21 heteroatoms. The van der Waals surface area contributed by atoms with E-state index in [0.29, 0.717) is 95.9 Å². The number of carboxylic acids is 1. The van der Waals surface area contributed by atoms with Gasteiger partial charge >= 0.3 is 12.0 Å². The Morgan fingerprint density at radius 1 is 0.790 bits per heavy atom. The van der Waals surface area contributed by atoms with Crippen molar-refractivity contribution < 1.29 is 52.9 Å². The van der Waals surface area contributed by atoms with Crippen LogP contribution in [0.5, 0.6) is 0 Å². The number of imide groups is 1. The topological polar surface area (TPSA) is 255 Å². The van der Waals surface area contributed by atoms with Crippen molar-refractivity contribution >= 4 is 76.3 Å². The molecule has 19 nitrogen and oxygen atoms in total. The first kappa shape index (κ1) is 49.8. The highest BCUT2D eigenvalue weighted by atomic mass is 32.2. The van der Waals surface area contributed by atoms with E-state index >= 15 is 0 Å². The third kappa shape index (κ3) is 19.1. The highest BCUT2D eigenvalue weighted by Crippen LogP contribution is 2.33. The van der Waals surface area contributed by atoms with E-state index < -0.39 is 12.0 Å². The molecular formula is C41H60N8O11S2. The van der Waals surface area contributed by atoms with Gasteiger partial charge in [-0.3, -0.25) is 33.7 Å². The minimum Gasteiger partial charge on any atom is -0.481 e. The number of unbranched alkanes of at least 4 members (excludes halogenated alkanes) is 1. The number of ether oxygens (including phenoxy) is 3. The minimum atomic E-state index is -1.03. The molecule has 0 bridgehead atoms. The number of hydrogen-bond donors (Lipinski definition) is 8. The molecule has 0 saturated carbocycles. The fourth-order valence-electron chi connectivity index (χ4n) is 6.72. The summed E-state index contributed by atoms with van der Waals surface area (Å²) in [5.74, 6) is -1.38. The summed E-state index contributed by atoms with van der Waals surface area (Å²) >= 11 is 7.29. The van der Waals surface area contributed by atoms with Gasteiger partial charge in [0, 0.05) is 87.5 Å². The van der Waals surface area contributed by atoms with Crippen LogP contribution in [0.1, 0.15) is 69.8 Å². The van der Waals surface area contributed by atoms with Gasteiger partial charge < -0.3 is 56.5 Å². The Morgan fingerprint density at radius 3 is 2.10 bits per heavy atom. The molecule has 342 valence electrons. The van der Waals surface area contributed by atoms with Gasteiger partial charge in [-0.25, -0.2) is 4.79 Å². The number of nitrogens with one attached hydrogen (secondary N) is 7. The molecule has 3 heterocycles. The number of nitrogens with zero attached hydrogens (tertiary/aromatic N) is 1. The van der Waals surface area contributed by atoms with Gasteiger partial charge in [0.05, 0.1) is 38.5 Å². The molecule has 2 fully saturated rings. The Kier molecular flexibility index (Phi) is 22.5. The van der Waals surface area contributed by atoms with Crippen LogP contribution >= 0.6 is 24.0 Å². The van der Waals surface area contributed by atoms with Crippen LogP contribution < -0.4 is 37.2 Å². The van der Waals surface area contributed by atoms with Gasteiger partial charge in [-0.2, -0.15) is 11.8 Å². The van der Waals surface area contributed by atoms with E-state index in [1.807, 2.05) is 23.9 Å². The van der Waals surface area contributed by atoms with E-state index in [1.165, 1.54) is 12.2 Å². The molecule has 0 aliphatic carbocycles. The molecule has 0 unspecified atom stereocenters. The Labute approximate surface area is 371 Å². The fraction of sp³-hybridized carbons (Fsp3) is 0.610. The quantitative estimate of drug-likeness (QED) is 0.0226. The maximum atomic E-state index is 12.9. The Hall–Kier alpha value is -4.83. The highest BCUT2D eigenvalue weighted by molar-refractivity contribution is 8.00. The van der Waals surface area contributed by atoms with Crippen LogP contribution in [0.15, 0.2) is 36.4 Å². The van der Waals surface area contributed by atoms with Crippen molar-refractivity contribution in [3.8, 4) is 0 Å². The monoisotopic (exact) mass is 904 g/mol. The summed E-state index contributed by atoms with van der Waals surface area (Å²) in [5, 5.41) is 30.2. The number of carbonyl (C=O) groups excluding carboxylic acids is 6. The molecule has 4 atom stereocenters. The molecule has 8 N–H and O–H groups in total. The zero-order chi connectivity index (χ0) is 44.5. The van der Waals surface area contributed by atoms with Gasteiger partial charge in [0.2, 0.25) is 17.7 Å². The first-order valence-corrected chi connectivity index (χ1v) is 22.6. The second kappa shape index (κ2) is 28.0. The largest absolute Gasteiger partial charge is 0.481 e. The van der Waals surface area contributed by atoms with Crippen molar-refractivity contribution in [3.05, 3.63) is 42.0 Å². The van der Waals surface area contributed by atoms with Gasteiger partial charge in [0.15, 0.2) is 5.11 Å². The van der Waals surface area contributed by atoms with Crippen LogP contribution in [0.25, 0.3) is 0 Å². The number of thiocarbonyl (C=S) groups is 1. The first-order chi connectivity index (χ1) is 30.0. The lowest BCUT2D eigenvalue weighted by Crippen LogP contribution is -2.48. The third-order valence-electron chi connectivity index (χ3n) is 10.0. The van der Waals surface area contributed by atoms with Gasteiger partial charge in [0.25, 0.3) is 11.8 Å². The maximum absolute atomic E-state index is 12.9. The van der Waals surface area contributed by atoms with E-state index in [1.54, 1.807) is 12.1 Å². The van der Waals surface area contributed by atoms with Crippen molar-refractivity contribution in [1.82, 2.24) is 36.8 Å². The van der Waals surface area contributed by atoms with Gasteiger partial charge in [-0.15, -0.1) is 0 Å². The summed E-state index contributed by atoms with van der Waals surface area (Å²) in [5.41, 5.74) is 1.56. The number of anilines is 1. The summed E-state index contributed by atoms with van der Waals surface area (Å²) in [6.07, 6.45) is 7.10. The number of rotatable bonds is 31. The number of amides is 7. The Bertz CT molecular complexity index is 1680. The summed E-state index contributed by atoms with van der Waals surface area (Å²) in [6.45, 7) is 3.69. The van der Waals surface area contributed by atoms with Crippen LogP contribution in [0.2, 0.25) is 0 Å². The van der Waals surface area contributed by atoms with Crippen LogP contribution in [0.3, 0.4) is 0 Å². The lowest BCUT2D eigenvalue weighted by Gasteiger charge is -2.20. The average molecular weight is 905 g/mol. The standard InChI is InChI=1S/C41H60N8O11S2/c50-33(8-3-19-49-35(52)14-15-36(49)53)42-17-4-20-58-22-24-60-25-23-59-21-5-18-43-39(56)30(13-16-37(54)55)47-41(61)45-29-11-9-28(10-12-29)26-44-34(51)7-2-1-6-32-38-31(27-62-32)46-40(57)48-38/h9-12,14-15,30-32,38H,1-8,13,16-27H2,(H,42,50)(H,43,56)(H,44,51)(H,54,55)(H2,45,47,61)(H2,46,48,57)/t30-,31-,32-,38-/m0/s1. The molecule has 0 radical (unpaired) electrons. The zero-order valence-electron chi connectivity index (χ0n) is 34.9. The molecule has 3 aliphatic rings. The molecule has 2 saturated heterocycles. The molecule has 3 aliphatic heterocycles.